The molecule has 1 amide bonds. The molecule has 0 atom stereocenters. The van der Waals surface area contributed by atoms with Crippen molar-refractivity contribution in [2.45, 2.75) is 6.92 Å². The van der Waals surface area contributed by atoms with Crippen LogP contribution in [0, 0.1) is 17.0 Å². The van der Waals surface area contributed by atoms with Crippen molar-refractivity contribution in [1.29, 1.82) is 0 Å². The first-order chi connectivity index (χ1) is 14.4. The number of aryl methyl sites for hydroxylation is 1. The van der Waals surface area contributed by atoms with Crippen LogP contribution in [0.4, 0.5) is 23.0 Å². The molecule has 0 saturated carbocycles. The van der Waals surface area contributed by atoms with Crippen molar-refractivity contribution in [1.82, 2.24) is 15.4 Å². The van der Waals surface area contributed by atoms with Gasteiger partial charge in [-0.1, -0.05) is 35.9 Å². The third-order valence-corrected chi connectivity index (χ3v) is 4.13. The molecular formula is C19H17ClN6O4. The second-order valence-corrected chi connectivity index (χ2v) is 6.47. The third-order valence-electron chi connectivity index (χ3n) is 3.89. The van der Waals surface area contributed by atoms with E-state index in [1.165, 1.54) is 0 Å². The molecule has 0 bridgehead atoms. The molecule has 1 aromatic heterocycles. The first-order valence-corrected chi connectivity index (χ1v) is 9.07. The number of hydrogen-bond donors (Lipinski definition) is 3. The Bertz CT molecular complexity index is 1060. The first kappa shape index (κ1) is 20.8. The van der Waals surface area contributed by atoms with Crippen LogP contribution in [0.25, 0.3) is 0 Å². The van der Waals surface area contributed by atoms with Gasteiger partial charge in [0.15, 0.2) is 6.61 Å². The van der Waals surface area contributed by atoms with Crippen LogP contribution in [0.2, 0.25) is 5.02 Å². The van der Waals surface area contributed by atoms with Crippen molar-refractivity contribution in [3.8, 4) is 5.75 Å². The molecule has 2 aromatic carbocycles. The quantitative estimate of drug-likeness (QED) is 0.366. The molecule has 1 heterocycles. The van der Waals surface area contributed by atoms with E-state index in [0.29, 0.717) is 16.5 Å². The molecular weight excluding hydrogens is 412 g/mol. The minimum Gasteiger partial charge on any atom is -0.484 e. The fraction of sp³-hybridized carbons (Fsp3) is 0.105. The Labute approximate surface area is 176 Å². The molecule has 3 rings (SSSR count). The minimum absolute atomic E-state index is 0.0577. The number of hydrazine groups is 1. The molecule has 0 unspecified atom stereocenters. The van der Waals surface area contributed by atoms with Crippen molar-refractivity contribution in [3.05, 3.63) is 75.6 Å². The van der Waals surface area contributed by atoms with Crippen LogP contribution in [0.3, 0.4) is 0 Å². The number of nitro groups is 1. The number of halogens is 1. The smallest absolute Gasteiger partial charge is 0.355 e. The summed E-state index contributed by atoms with van der Waals surface area (Å²) < 4.78 is 5.32. The first-order valence-electron chi connectivity index (χ1n) is 8.69. The lowest BCUT2D eigenvalue weighted by atomic mass is 10.2. The number of hydrogen-bond acceptors (Lipinski definition) is 8. The van der Waals surface area contributed by atoms with Crippen molar-refractivity contribution in [2.24, 2.45) is 0 Å². The Morgan fingerprint density at radius 1 is 1.17 bits per heavy atom. The van der Waals surface area contributed by atoms with Crippen LogP contribution in [-0.2, 0) is 4.79 Å². The van der Waals surface area contributed by atoms with Gasteiger partial charge >= 0.3 is 5.69 Å². The average molecular weight is 429 g/mol. The van der Waals surface area contributed by atoms with Crippen LogP contribution < -0.4 is 20.9 Å². The number of anilines is 3. The van der Waals surface area contributed by atoms with Crippen molar-refractivity contribution >= 4 is 40.5 Å². The normalized spacial score (nSPS) is 10.2. The monoisotopic (exact) mass is 428 g/mol. The van der Waals surface area contributed by atoms with Crippen LogP contribution in [0.5, 0.6) is 5.75 Å². The Balaban J connectivity index is 1.72. The zero-order chi connectivity index (χ0) is 21.5. The molecule has 0 radical (unpaired) electrons. The van der Waals surface area contributed by atoms with E-state index in [2.05, 4.69) is 26.1 Å². The molecule has 10 nitrogen and oxygen atoms in total. The zero-order valence-electron chi connectivity index (χ0n) is 15.8. The molecule has 0 aliphatic carbocycles. The second-order valence-electron chi connectivity index (χ2n) is 6.04. The number of ether oxygens (including phenoxy) is 1. The maximum absolute atomic E-state index is 12.0. The van der Waals surface area contributed by atoms with Crippen LogP contribution >= 0.6 is 11.6 Å². The third kappa shape index (κ3) is 5.32. The Morgan fingerprint density at radius 3 is 2.63 bits per heavy atom. The standard InChI is InChI=1S/C19H17ClN6O4/c1-12-7-8-13(20)9-15(12)23-18-17(26(28)29)19(22-11-21-18)25-24-16(27)10-30-14-5-3-2-4-6-14/h2-9,11H,10H2,1H3,(H,24,27)(H2,21,22,23,25). The minimum atomic E-state index is -0.656. The number of nitrogens with zero attached hydrogens (tertiary/aromatic N) is 3. The molecule has 11 heteroatoms. The molecule has 3 aromatic rings. The van der Waals surface area contributed by atoms with Gasteiger partial charge in [0.25, 0.3) is 5.91 Å². The maximum Gasteiger partial charge on any atom is 0.355 e. The van der Waals surface area contributed by atoms with Gasteiger partial charge in [-0.05, 0) is 36.8 Å². The van der Waals surface area contributed by atoms with E-state index in [4.69, 9.17) is 16.3 Å². The fourth-order valence-corrected chi connectivity index (χ4v) is 2.59. The number of nitrogens with one attached hydrogen (secondary N) is 3. The van der Waals surface area contributed by atoms with Gasteiger partial charge < -0.3 is 10.1 Å². The Kier molecular flexibility index (Phi) is 6.60. The van der Waals surface area contributed by atoms with Crippen molar-refractivity contribution < 1.29 is 14.5 Å². The summed E-state index contributed by atoms with van der Waals surface area (Å²) in [6, 6.07) is 13.9. The van der Waals surface area contributed by atoms with Gasteiger partial charge in [-0.15, -0.1) is 0 Å². The summed E-state index contributed by atoms with van der Waals surface area (Å²) in [5, 5.41) is 15.0. The predicted molar refractivity (Wildman–Crippen MR) is 112 cm³/mol. The van der Waals surface area contributed by atoms with E-state index < -0.39 is 16.5 Å². The van der Waals surface area contributed by atoms with Gasteiger partial charge in [0.05, 0.1) is 4.92 Å². The van der Waals surface area contributed by atoms with Gasteiger partial charge in [-0.25, -0.2) is 9.97 Å². The van der Waals surface area contributed by atoms with Gasteiger partial charge in [0.1, 0.15) is 12.1 Å². The molecule has 0 aliphatic heterocycles. The molecule has 3 N–H and O–H groups in total. The van der Waals surface area contributed by atoms with E-state index in [0.717, 1.165) is 11.9 Å². The van der Waals surface area contributed by atoms with E-state index in [-0.39, 0.29) is 18.2 Å². The molecule has 0 spiro atoms. The van der Waals surface area contributed by atoms with E-state index in [9.17, 15) is 14.9 Å². The summed E-state index contributed by atoms with van der Waals surface area (Å²) in [6.45, 7) is 1.53. The average Bonchev–Trinajstić information content (AvgIpc) is 2.74. The van der Waals surface area contributed by atoms with Gasteiger partial charge in [0.2, 0.25) is 11.6 Å². The number of para-hydroxylation sites is 1. The summed E-state index contributed by atoms with van der Waals surface area (Å²) in [6.07, 6.45) is 1.13. The summed E-state index contributed by atoms with van der Waals surface area (Å²) in [5.41, 5.74) is 5.68. The van der Waals surface area contributed by atoms with Crippen LogP contribution in [0.15, 0.2) is 54.9 Å². The SMILES string of the molecule is Cc1ccc(Cl)cc1Nc1ncnc(NNC(=O)COc2ccccc2)c1[N+](=O)[O-]. The van der Waals surface area contributed by atoms with Gasteiger partial charge in [-0.3, -0.25) is 25.8 Å². The molecule has 0 saturated heterocycles. The van der Waals surface area contributed by atoms with Gasteiger partial charge in [-0.2, -0.15) is 0 Å². The van der Waals surface area contributed by atoms with Gasteiger partial charge in [0, 0.05) is 10.7 Å². The van der Waals surface area contributed by atoms with Crippen LogP contribution in [-0.4, -0.2) is 27.4 Å². The van der Waals surface area contributed by atoms with E-state index in [1.54, 1.807) is 42.5 Å². The number of benzene rings is 2. The van der Waals surface area contributed by atoms with E-state index >= 15 is 0 Å². The number of rotatable bonds is 8. The lowest BCUT2D eigenvalue weighted by Crippen LogP contribution is -2.34. The predicted octanol–water partition coefficient (Wildman–Crippen LogP) is 3.61. The Hall–Kier alpha value is -3.92. The highest BCUT2D eigenvalue weighted by molar-refractivity contribution is 6.30. The number of aromatic nitrogens is 2. The van der Waals surface area contributed by atoms with Crippen LogP contribution in [0.1, 0.15) is 5.56 Å². The Morgan fingerprint density at radius 2 is 1.90 bits per heavy atom. The zero-order valence-corrected chi connectivity index (χ0v) is 16.5. The molecule has 154 valence electrons. The number of amides is 1. The topological polar surface area (TPSA) is 131 Å². The highest BCUT2D eigenvalue weighted by atomic mass is 35.5. The fourth-order valence-electron chi connectivity index (χ4n) is 2.42. The largest absolute Gasteiger partial charge is 0.484 e. The van der Waals surface area contributed by atoms with E-state index in [1.807, 2.05) is 13.0 Å². The molecule has 0 fully saturated rings. The highest BCUT2D eigenvalue weighted by Crippen LogP contribution is 2.32. The lowest BCUT2D eigenvalue weighted by Gasteiger charge is -2.12. The highest BCUT2D eigenvalue weighted by Gasteiger charge is 2.24. The van der Waals surface area contributed by atoms with Crippen molar-refractivity contribution in [2.75, 3.05) is 17.3 Å². The summed E-state index contributed by atoms with van der Waals surface area (Å²) in [4.78, 5) is 30.7. The van der Waals surface area contributed by atoms with Crippen molar-refractivity contribution in [3.63, 3.8) is 0 Å². The lowest BCUT2D eigenvalue weighted by molar-refractivity contribution is -0.383. The summed E-state index contributed by atoms with van der Waals surface area (Å²) in [7, 11) is 0. The summed E-state index contributed by atoms with van der Waals surface area (Å²) >= 11 is 6.00. The molecule has 0 aliphatic rings. The summed E-state index contributed by atoms with van der Waals surface area (Å²) in [5.74, 6) is -0.279. The number of carbonyl (C=O) groups is 1. The number of carbonyl (C=O) groups excluding carboxylic acids is 1. The second kappa shape index (κ2) is 9.52. The maximum atomic E-state index is 12.0. The molecule has 30 heavy (non-hydrogen) atoms.